The van der Waals surface area contributed by atoms with Crippen molar-refractivity contribution in [1.29, 1.82) is 0 Å². The zero-order chi connectivity index (χ0) is 24.5. The van der Waals surface area contributed by atoms with Gasteiger partial charge in [-0.1, -0.05) is 25.5 Å². The van der Waals surface area contributed by atoms with Gasteiger partial charge in [-0.25, -0.2) is 8.78 Å². The molecule has 1 N–H and O–H groups in total. The lowest BCUT2D eigenvalue weighted by atomic mass is 9.86. The SMILES string of the molecule is CCC1CN(CCOc2ccc(C3Oc4ccc(O)cc4C(C)=C3c3cc(F)cc(F)c3)cc2)C1. The first-order valence-electron chi connectivity index (χ1n) is 12.0. The van der Waals surface area contributed by atoms with Crippen LogP contribution in [-0.2, 0) is 0 Å². The molecular formula is C29H29F2NO3. The maximum atomic E-state index is 14.1. The first kappa shape index (κ1) is 23.4. The summed E-state index contributed by atoms with van der Waals surface area (Å²) in [5.74, 6) is 0.970. The van der Waals surface area contributed by atoms with E-state index in [-0.39, 0.29) is 5.75 Å². The van der Waals surface area contributed by atoms with Crippen LogP contribution in [0, 0.1) is 17.6 Å². The van der Waals surface area contributed by atoms with Gasteiger partial charge in [0.15, 0.2) is 0 Å². The number of phenolic OH excluding ortho intramolecular Hbond substituents is 1. The Labute approximate surface area is 204 Å². The Balaban J connectivity index is 1.40. The van der Waals surface area contributed by atoms with E-state index in [1.165, 1.54) is 18.6 Å². The van der Waals surface area contributed by atoms with Gasteiger partial charge in [0, 0.05) is 36.8 Å². The van der Waals surface area contributed by atoms with Gasteiger partial charge in [-0.15, -0.1) is 0 Å². The molecule has 4 nitrogen and oxygen atoms in total. The standard InChI is InChI=1S/C29H29F2NO3/c1-3-19-16-32(17-19)10-11-34-25-7-4-20(5-8-25)29-28(21-12-22(30)14-23(31)13-21)18(2)26-15-24(33)6-9-27(26)35-29/h4-9,12-15,19,29,33H,3,10-11,16-17H2,1-2H3. The highest BCUT2D eigenvalue weighted by Crippen LogP contribution is 2.47. The molecule has 2 heterocycles. The quantitative estimate of drug-likeness (QED) is 0.424. The Bertz CT molecular complexity index is 1230. The van der Waals surface area contributed by atoms with Crippen LogP contribution in [0.2, 0.25) is 0 Å². The predicted molar refractivity (Wildman–Crippen MR) is 132 cm³/mol. The molecule has 1 unspecified atom stereocenters. The molecule has 0 saturated carbocycles. The van der Waals surface area contributed by atoms with Crippen molar-refractivity contribution in [2.75, 3.05) is 26.2 Å². The number of nitrogens with zero attached hydrogens (tertiary/aromatic N) is 1. The van der Waals surface area contributed by atoms with Gasteiger partial charge < -0.3 is 14.6 Å². The second-order valence-electron chi connectivity index (χ2n) is 9.33. The van der Waals surface area contributed by atoms with E-state index in [0.29, 0.717) is 29.1 Å². The van der Waals surface area contributed by atoms with Crippen molar-refractivity contribution in [3.05, 3.63) is 89.0 Å². The molecule has 0 aliphatic carbocycles. The molecule has 1 saturated heterocycles. The minimum Gasteiger partial charge on any atom is -0.508 e. The number of hydrogen-bond donors (Lipinski definition) is 1. The molecule has 0 radical (unpaired) electrons. The monoisotopic (exact) mass is 477 g/mol. The second-order valence-corrected chi connectivity index (χ2v) is 9.33. The second kappa shape index (κ2) is 9.70. The van der Waals surface area contributed by atoms with Crippen LogP contribution in [-0.4, -0.2) is 36.2 Å². The highest BCUT2D eigenvalue weighted by atomic mass is 19.1. The fraction of sp³-hybridized carbons (Fsp3) is 0.310. The third kappa shape index (κ3) is 4.89. The van der Waals surface area contributed by atoms with Crippen molar-refractivity contribution in [2.45, 2.75) is 26.4 Å². The minimum atomic E-state index is -0.656. The Morgan fingerprint density at radius 1 is 1.00 bits per heavy atom. The van der Waals surface area contributed by atoms with Crippen molar-refractivity contribution in [1.82, 2.24) is 4.90 Å². The van der Waals surface area contributed by atoms with Crippen LogP contribution in [0.15, 0.2) is 60.7 Å². The van der Waals surface area contributed by atoms with E-state index in [4.69, 9.17) is 9.47 Å². The van der Waals surface area contributed by atoms with Crippen LogP contribution in [0.4, 0.5) is 8.78 Å². The molecule has 0 aromatic heterocycles. The van der Waals surface area contributed by atoms with E-state index in [0.717, 1.165) is 48.5 Å². The summed E-state index contributed by atoms with van der Waals surface area (Å²) < 4.78 is 40.5. The summed E-state index contributed by atoms with van der Waals surface area (Å²) in [5, 5.41) is 10.00. The lowest BCUT2D eigenvalue weighted by Crippen LogP contribution is -2.47. The molecule has 2 aliphatic rings. The van der Waals surface area contributed by atoms with Gasteiger partial charge in [0.05, 0.1) is 0 Å². The van der Waals surface area contributed by atoms with E-state index < -0.39 is 17.7 Å². The molecule has 3 aromatic carbocycles. The molecule has 182 valence electrons. The average Bonchev–Trinajstić information content (AvgIpc) is 2.80. The molecule has 3 aromatic rings. The smallest absolute Gasteiger partial charge is 0.150 e. The van der Waals surface area contributed by atoms with Crippen molar-refractivity contribution in [2.24, 2.45) is 5.92 Å². The number of ether oxygens (including phenoxy) is 2. The highest BCUT2D eigenvalue weighted by Gasteiger charge is 2.30. The average molecular weight is 478 g/mol. The van der Waals surface area contributed by atoms with Gasteiger partial charge in [0.1, 0.15) is 41.6 Å². The first-order valence-corrected chi connectivity index (χ1v) is 12.0. The number of allylic oxidation sites excluding steroid dienone is 1. The third-order valence-corrected chi connectivity index (χ3v) is 6.92. The van der Waals surface area contributed by atoms with E-state index in [1.807, 2.05) is 31.2 Å². The fourth-order valence-electron chi connectivity index (χ4n) is 4.90. The van der Waals surface area contributed by atoms with E-state index in [2.05, 4.69) is 11.8 Å². The van der Waals surface area contributed by atoms with Gasteiger partial charge in [0.2, 0.25) is 0 Å². The lowest BCUT2D eigenvalue weighted by Gasteiger charge is -2.38. The van der Waals surface area contributed by atoms with Crippen LogP contribution in [0.1, 0.15) is 43.1 Å². The summed E-state index contributed by atoms with van der Waals surface area (Å²) in [5.41, 5.74) is 3.37. The summed E-state index contributed by atoms with van der Waals surface area (Å²) in [7, 11) is 0. The zero-order valence-corrected chi connectivity index (χ0v) is 19.9. The molecule has 2 aliphatic heterocycles. The summed E-state index contributed by atoms with van der Waals surface area (Å²) in [6, 6.07) is 16.0. The third-order valence-electron chi connectivity index (χ3n) is 6.92. The molecule has 6 heteroatoms. The Hall–Kier alpha value is -3.38. The maximum absolute atomic E-state index is 14.1. The lowest BCUT2D eigenvalue weighted by molar-refractivity contribution is 0.0806. The number of fused-ring (bicyclic) bond motifs is 1. The van der Waals surface area contributed by atoms with Gasteiger partial charge in [-0.05, 0) is 72.0 Å². The topological polar surface area (TPSA) is 41.9 Å². The highest BCUT2D eigenvalue weighted by molar-refractivity contribution is 5.95. The van der Waals surface area contributed by atoms with Crippen molar-refractivity contribution in [3.8, 4) is 17.2 Å². The molecule has 0 spiro atoms. The van der Waals surface area contributed by atoms with Crippen molar-refractivity contribution in [3.63, 3.8) is 0 Å². The molecule has 35 heavy (non-hydrogen) atoms. The normalized spacial score (nSPS) is 18.1. The van der Waals surface area contributed by atoms with Gasteiger partial charge in [-0.2, -0.15) is 0 Å². The Morgan fingerprint density at radius 2 is 1.71 bits per heavy atom. The number of aromatic hydroxyl groups is 1. The van der Waals surface area contributed by atoms with Gasteiger partial charge >= 0.3 is 0 Å². The van der Waals surface area contributed by atoms with E-state index in [9.17, 15) is 13.9 Å². The molecule has 5 rings (SSSR count). The first-order chi connectivity index (χ1) is 16.9. The van der Waals surface area contributed by atoms with Crippen molar-refractivity contribution >= 4 is 11.1 Å². The molecule has 1 atom stereocenters. The molecule has 0 bridgehead atoms. The van der Waals surface area contributed by atoms with E-state index in [1.54, 1.807) is 18.2 Å². The van der Waals surface area contributed by atoms with Crippen LogP contribution >= 0.6 is 0 Å². The maximum Gasteiger partial charge on any atom is 0.150 e. The minimum absolute atomic E-state index is 0.0971. The number of rotatable bonds is 7. The summed E-state index contributed by atoms with van der Waals surface area (Å²) in [6.07, 6.45) is 0.653. The van der Waals surface area contributed by atoms with Gasteiger partial charge in [0.25, 0.3) is 0 Å². The number of phenols is 1. The van der Waals surface area contributed by atoms with Crippen molar-refractivity contribution < 1.29 is 23.4 Å². The van der Waals surface area contributed by atoms with Crippen LogP contribution in [0.3, 0.4) is 0 Å². The number of likely N-dealkylation sites (tertiary alicyclic amines) is 1. The largest absolute Gasteiger partial charge is 0.508 e. The number of hydrogen-bond acceptors (Lipinski definition) is 4. The van der Waals surface area contributed by atoms with E-state index >= 15 is 0 Å². The van der Waals surface area contributed by atoms with Crippen LogP contribution in [0.25, 0.3) is 11.1 Å². The summed E-state index contributed by atoms with van der Waals surface area (Å²) in [6.45, 7) is 7.93. The van der Waals surface area contributed by atoms with Crippen LogP contribution in [0.5, 0.6) is 17.2 Å². The fourth-order valence-corrected chi connectivity index (χ4v) is 4.90. The zero-order valence-electron chi connectivity index (χ0n) is 19.9. The Morgan fingerprint density at radius 3 is 2.40 bits per heavy atom. The molecular weight excluding hydrogens is 448 g/mol. The summed E-state index contributed by atoms with van der Waals surface area (Å²) in [4.78, 5) is 2.39. The Kier molecular flexibility index (Phi) is 6.48. The van der Waals surface area contributed by atoms with Crippen LogP contribution < -0.4 is 9.47 Å². The molecule has 1 fully saturated rings. The number of benzene rings is 3. The number of halogens is 2. The van der Waals surface area contributed by atoms with Gasteiger partial charge in [-0.3, -0.25) is 4.90 Å². The summed E-state index contributed by atoms with van der Waals surface area (Å²) >= 11 is 0. The molecule has 0 amide bonds. The predicted octanol–water partition coefficient (Wildman–Crippen LogP) is 6.46.